The molecule has 1 saturated carbocycles. The van der Waals surface area contributed by atoms with Crippen LogP contribution in [0.2, 0.25) is 0 Å². The van der Waals surface area contributed by atoms with Crippen LogP contribution in [0.4, 0.5) is 0 Å². The number of ether oxygens (including phenoxy) is 1. The second-order valence-corrected chi connectivity index (χ2v) is 4.93. The lowest BCUT2D eigenvalue weighted by molar-refractivity contribution is -0.108. The Labute approximate surface area is 92.7 Å². The van der Waals surface area contributed by atoms with E-state index >= 15 is 0 Å². The molecule has 0 heterocycles. The molecule has 0 N–H and O–H groups in total. The molecule has 15 heavy (non-hydrogen) atoms. The van der Waals surface area contributed by atoms with Crippen molar-refractivity contribution in [3.05, 3.63) is 12.3 Å². The summed E-state index contributed by atoms with van der Waals surface area (Å²) in [5, 5.41) is 0. The van der Waals surface area contributed by atoms with Crippen molar-refractivity contribution in [2.75, 3.05) is 0 Å². The van der Waals surface area contributed by atoms with Gasteiger partial charge in [0.25, 0.3) is 0 Å². The fourth-order valence-electron chi connectivity index (χ4n) is 2.35. The first kappa shape index (κ1) is 12.3. The van der Waals surface area contributed by atoms with Gasteiger partial charge < -0.3 is 9.53 Å². The smallest absolute Gasteiger partial charge is 0.120 e. The number of aldehydes is 1. The summed E-state index contributed by atoms with van der Waals surface area (Å²) in [6, 6.07) is 0. The van der Waals surface area contributed by atoms with Gasteiger partial charge in [0.05, 0.1) is 5.76 Å². The summed E-state index contributed by atoms with van der Waals surface area (Å²) in [6.45, 7) is 8.14. The Bertz CT molecular complexity index is 225. The van der Waals surface area contributed by atoms with Crippen molar-refractivity contribution in [2.45, 2.75) is 58.0 Å². The van der Waals surface area contributed by atoms with Crippen LogP contribution in [0.3, 0.4) is 0 Å². The summed E-state index contributed by atoms with van der Waals surface area (Å²) in [7, 11) is 0. The van der Waals surface area contributed by atoms with E-state index in [9.17, 15) is 4.79 Å². The highest BCUT2D eigenvalue weighted by molar-refractivity contribution is 5.49. The molecule has 0 amide bonds. The standard InChI is InChI=1S/C13H22O2/c1-11(7-6-10-14)15-13(2,3)12-8-4-5-9-12/h10,12H,1,4-9H2,2-3H3. The number of hydrogen-bond donors (Lipinski definition) is 0. The van der Waals surface area contributed by atoms with E-state index in [1.165, 1.54) is 25.7 Å². The van der Waals surface area contributed by atoms with E-state index in [1.807, 2.05) is 0 Å². The Hall–Kier alpha value is -0.790. The molecule has 0 saturated heterocycles. The minimum atomic E-state index is -0.115. The molecule has 0 aromatic rings. The molecule has 1 aliphatic carbocycles. The van der Waals surface area contributed by atoms with Gasteiger partial charge in [-0.25, -0.2) is 0 Å². The Balaban J connectivity index is 2.40. The minimum absolute atomic E-state index is 0.115. The lowest BCUT2D eigenvalue weighted by atomic mass is 9.89. The van der Waals surface area contributed by atoms with E-state index in [1.54, 1.807) is 0 Å². The molecule has 1 fully saturated rings. The summed E-state index contributed by atoms with van der Waals surface area (Å²) in [5.74, 6) is 1.39. The zero-order valence-electron chi connectivity index (χ0n) is 9.92. The normalized spacial score (nSPS) is 17.7. The number of hydrogen-bond acceptors (Lipinski definition) is 2. The van der Waals surface area contributed by atoms with Gasteiger partial charge in [-0.3, -0.25) is 0 Å². The monoisotopic (exact) mass is 210 g/mol. The van der Waals surface area contributed by atoms with E-state index in [-0.39, 0.29) is 5.60 Å². The molecule has 86 valence electrons. The second kappa shape index (κ2) is 5.34. The Kier molecular flexibility index (Phi) is 4.37. The molecule has 0 radical (unpaired) electrons. The van der Waals surface area contributed by atoms with Gasteiger partial charge in [-0.1, -0.05) is 19.4 Å². The van der Waals surface area contributed by atoms with Gasteiger partial charge in [-0.05, 0) is 32.6 Å². The number of carbonyl (C=O) groups is 1. The van der Waals surface area contributed by atoms with Gasteiger partial charge >= 0.3 is 0 Å². The predicted octanol–water partition coefficient (Wildman–Crippen LogP) is 3.46. The van der Waals surface area contributed by atoms with Gasteiger partial charge in [0.2, 0.25) is 0 Å². The first-order valence-electron chi connectivity index (χ1n) is 5.86. The van der Waals surface area contributed by atoms with E-state index in [0.717, 1.165) is 12.0 Å². The van der Waals surface area contributed by atoms with Crippen LogP contribution in [-0.4, -0.2) is 11.9 Å². The largest absolute Gasteiger partial charge is 0.493 e. The summed E-state index contributed by atoms with van der Waals surface area (Å²) < 4.78 is 5.87. The van der Waals surface area contributed by atoms with Crippen LogP contribution in [0.15, 0.2) is 12.3 Å². The molecule has 1 rings (SSSR count). The van der Waals surface area contributed by atoms with Crippen LogP contribution >= 0.6 is 0 Å². The molecule has 0 aromatic carbocycles. The highest BCUT2D eigenvalue weighted by Crippen LogP contribution is 2.37. The van der Waals surface area contributed by atoms with Crippen LogP contribution < -0.4 is 0 Å². The highest BCUT2D eigenvalue weighted by atomic mass is 16.5. The number of rotatable bonds is 6. The molecule has 1 aliphatic rings. The fraction of sp³-hybridized carbons (Fsp3) is 0.769. The summed E-state index contributed by atoms with van der Waals surface area (Å²) in [5.41, 5.74) is -0.115. The topological polar surface area (TPSA) is 26.3 Å². The predicted molar refractivity (Wildman–Crippen MR) is 61.6 cm³/mol. The van der Waals surface area contributed by atoms with Crippen molar-refractivity contribution in [1.82, 2.24) is 0 Å². The fourth-order valence-corrected chi connectivity index (χ4v) is 2.35. The molecule has 0 unspecified atom stereocenters. The third-order valence-corrected chi connectivity index (χ3v) is 3.29. The van der Waals surface area contributed by atoms with Crippen LogP contribution in [0.1, 0.15) is 52.4 Å². The van der Waals surface area contributed by atoms with E-state index < -0.39 is 0 Å². The molecular formula is C13H22O2. The van der Waals surface area contributed by atoms with Gasteiger partial charge in [0, 0.05) is 12.8 Å². The Morgan fingerprint density at radius 3 is 2.60 bits per heavy atom. The SMILES string of the molecule is C=C(CCC=O)OC(C)(C)C1CCCC1. The van der Waals surface area contributed by atoms with Crippen LogP contribution in [0.25, 0.3) is 0 Å². The average molecular weight is 210 g/mol. The molecule has 2 nitrogen and oxygen atoms in total. The lowest BCUT2D eigenvalue weighted by Gasteiger charge is -2.33. The zero-order chi connectivity index (χ0) is 11.3. The maximum Gasteiger partial charge on any atom is 0.120 e. The second-order valence-electron chi connectivity index (χ2n) is 4.93. The molecule has 2 heteroatoms. The maximum absolute atomic E-state index is 10.2. The summed E-state index contributed by atoms with van der Waals surface area (Å²) >= 11 is 0. The first-order valence-corrected chi connectivity index (χ1v) is 5.86. The Morgan fingerprint density at radius 2 is 2.07 bits per heavy atom. The van der Waals surface area contributed by atoms with Crippen molar-refractivity contribution in [3.63, 3.8) is 0 Å². The van der Waals surface area contributed by atoms with Crippen molar-refractivity contribution in [2.24, 2.45) is 5.92 Å². The van der Waals surface area contributed by atoms with Gasteiger partial charge in [0.1, 0.15) is 11.9 Å². The van der Waals surface area contributed by atoms with Crippen LogP contribution in [0, 0.1) is 5.92 Å². The lowest BCUT2D eigenvalue weighted by Crippen LogP contribution is -2.32. The first-order chi connectivity index (χ1) is 7.06. The number of carbonyl (C=O) groups excluding carboxylic acids is 1. The molecule has 0 aromatic heterocycles. The maximum atomic E-state index is 10.2. The molecule has 0 spiro atoms. The van der Waals surface area contributed by atoms with Gasteiger partial charge in [-0.2, -0.15) is 0 Å². The van der Waals surface area contributed by atoms with Crippen molar-refractivity contribution in [3.8, 4) is 0 Å². The van der Waals surface area contributed by atoms with E-state index in [0.29, 0.717) is 18.8 Å². The molecule has 0 atom stereocenters. The van der Waals surface area contributed by atoms with E-state index in [2.05, 4.69) is 20.4 Å². The minimum Gasteiger partial charge on any atom is -0.493 e. The summed E-state index contributed by atoms with van der Waals surface area (Å²) in [6.07, 6.45) is 7.23. The van der Waals surface area contributed by atoms with Gasteiger partial charge in [-0.15, -0.1) is 0 Å². The number of allylic oxidation sites excluding steroid dienone is 1. The van der Waals surface area contributed by atoms with Crippen molar-refractivity contribution in [1.29, 1.82) is 0 Å². The average Bonchev–Trinajstić information content (AvgIpc) is 2.67. The summed E-state index contributed by atoms with van der Waals surface area (Å²) in [4.78, 5) is 10.2. The van der Waals surface area contributed by atoms with Crippen LogP contribution in [0.5, 0.6) is 0 Å². The zero-order valence-corrected chi connectivity index (χ0v) is 9.92. The Morgan fingerprint density at radius 1 is 1.47 bits per heavy atom. The third kappa shape index (κ3) is 3.69. The van der Waals surface area contributed by atoms with Crippen molar-refractivity contribution < 1.29 is 9.53 Å². The molecule has 0 aliphatic heterocycles. The van der Waals surface area contributed by atoms with Crippen molar-refractivity contribution >= 4 is 6.29 Å². The quantitative estimate of drug-likeness (QED) is 0.495. The third-order valence-electron chi connectivity index (χ3n) is 3.29. The highest BCUT2D eigenvalue weighted by Gasteiger charge is 2.33. The molecule has 0 bridgehead atoms. The van der Waals surface area contributed by atoms with E-state index in [4.69, 9.17) is 4.74 Å². The van der Waals surface area contributed by atoms with Gasteiger partial charge in [0.15, 0.2) is 0 Å². The molecular weight excluding hydrogens is 188 g/mol. The van der Waals surface area contributed by atoms with Crippen LogP contribution in [-0.2, 0) is 9.53 Å².